The van der Waals surface area contributed by atoms with Crippen LogP contribution >= 0.6 is 11.3 Å². The van der Waals surface area contributed by atoms with Gasteiger partial charge in [-0.2, -0.15) is 0 Å². The average molecular weight is 421 g/mol. The molecule has 1 aliphatic rings. The highest BCUT2D eigenvalue weighted by Crippen LogP contribution is 2.56. The molecule has 1 N–H and O–H groups in total. The van der Waals surface area contributed by atoms with Crippen LogP contribution in [0.3, 0.4) is 0 Å². The van der Waals surface area contributed by atoms with E-state index in [1.165, 1.54) is 24.0 Å². The quantitative estimate of drug-likeness (QED) is 0.425. The maximum atomic E-state index is 12.2. The first-order chi connectivity index (χ1) is 14.7. The highest BCUT2D eigenvalue weighted by molar-refractivity contribution is 7.10. The van der Waals surface area contributed by atoms with Crippen LogP contribution in [-0.2, 0) is 16.2 Å². The molecule has 0 radical (unpaired) electrons. The second-order valence-electron chi connectivity index (χ2n) is 7.18. The van der Waals surface area contributed by atoms with E-state index in [9.17, 15) is 4.79 Å². The predicted molar refractivity (Wildman–Crippen MR) is 119 cm³/mol. The van der Waals surface area contributed by atoms with Crippen molar-refractivity contribution >= 4 is 23.0 Å². The van der Waals surface area contributed by atoms with Gasteiger partial charge in [0.15, 0.2) is 5.71 Å². The first-order valence-corrected chi connectivity index (χ1v) is 10.8. The molecule has 0 aliphatic heterocycles. The summed E-state index contributed by atoms with van der Waals surface area (Å²) >= 11 is 1.83. The van der Waals surface area contributed by atoms with Gasteiger partial charge in [0.1, 0.15) is 19.5 Å². The fraction of sp³-hybridized carbons (Fsp3) is 0.250. The smallest absolute Gasteiger partial charge is 0.273 e. The second kappa shape index (κ2) is 9.13. The minimum Gasteiger partial charge on any atom is -0.489 e. The lowest BCUT2D eigenvalue weighted by molar-refractivity contribution is -0.114. The zero-order chi connectivity index (χ0) is 20.9. The van der Waals surface area contributed by atoms with Crippen LogP contribution in [0.2, 0.25) is 0 Å². The molecular weight excluding hydrogens is 396 g/mol. The number of carbonyl (C=O) groups is 1. The molecule has 1 fully saturated rings. The molecule has 0 saturated heterocycles. The number of hydrogen-bond donors (Lipinski definition) is 1. The molecule has 154 valence electrons. The lowest BCUT2D eigenvalue weighted by atomic mass is 10.0. The summed E-state index contributed by atoms with van der Waals surface area (Å²) in [6.07, 6.45) is 1.19. The number of benzene rings is 2. The summed E-state index contributed by atoms with van der Waals surface area (Å²) in [5.41, 5.74) is 3.09. The number of ether oxygens (including phenoxy) is 1. The summed E-state index contributed by atoms with van der Waals surface area (Å²) in [6.45, 7) is 0.332. The molecule has 0 spiro atoms. The Kier molecular flexibility index (Phi) is 6.14. The standard InChI is InChI=1S/C24H24N2O3S/c1-25-24(27)23(26-28-2)19-10-4-3-7-17(19)15-29-18-9-5-8-16(13-18)20-14-21(20)22-11-6-12-30-22/h3-13,20-21H,14-15H2,1-2H3,(H,25,27). The molecule has 1 saturated carbocycles. The number of oxime groups is 1. The molecule has 2 unspecified atom stereocenters. The van der Waals surface area contributed by atoms with Crippen molar-refractivity contribution in [2.75, 3.05) is 14.2 Å². The molecule has 1 heterocycles. The minimum absolute atomic E-state index is 0.227. The summed E-state index contributed by atoms with van der Waals surface area (Å²) in [5, 5.41) is 8.65. The van der Waals surface area contributed by atoms with Crippen LogP contribution < -0.4 is 10.1 Å². The largest absolute Gasteiger partial charge is 0.489 e. The fourth-order valence-electron chi connectivity index (χ4n) is 3.68. The Labute approximate surface area is 180 Å². The third kappa shape index (κ3) is 4.39. The van der Waals surface area contributed by atoms with Gasteiger partial charge in [-0.25, -0.2) is 0 Å². The maximum Gasteiger partial charge on any atom is 0.273 e. The molecule has 4 rings (SSSR count). The number of amides is 1. The van der Waals surface area contributed by atoms with Crippen LogP contribution in [0, 0.1) is 0 Å². The maximum absolute atomic E-state index is 12.2. The van der Waals surface area contributed by atoms with Crippen molar-refractivity contribution in [2.45, 2.75) is 24.9 Å². The normalized spacial score (nSPS) is 18.0. The van der Waals surface area contributed by atoms with Crippen molar-refractivity contribution < 1.29 is 14.4 Å². The van der Waals surface area contributed by atoms with E-state index in [0.29, 0.717) is 24.0 Å². The Hall–Kier alpha value is -3.12. The van der Waals surface area contributed by atoms with E-state index in [0.717, 1.165) is 11.3 Å². The van der Waals surface area contributed by atoms with Crippen LogP contribution in [0.1, 0.15) is 39.8 Å². The molecule has 0 bridgehead atoms. The van der Waals surface area contributed by atoms with Crippen LogP contribution in [0.4, 0.5) is 0 Å². The van der Waals surface area contributed by atoms with Gasteiger partial charge in [-0.3, -0.25) is 4.79 Å². The van der Waals surface area contributed by atoms with Crippen molar-refractivity contribution in [1.82, 2.24) is 5.32 Å². The van der Waals surface area contributed by atoms with Gasteiger partial charge in [0, 0.05) is 23.4 Å². The third-order valence-electron chi connectivity index (χ3n) is 5.28. The lowest BCUT2D eigenvalue weighted by Gasteiger charge is -2.13. The minimum atomic E-state index is -0.306. The Bertz CT molecular complexity index is 1050. The zero-order valence-corrected chi connectivity index (χ0v) is 17.8. The second-order valence-corrected chi connectivity index (χ2v) is 8.16. The van der Waals surface area contributed by atoms with E-state index in [2.05, 4.69) is 40.1 Å². The van der Waals surface area contributed by atoms with E-state index >= 15 is 0 Å². The van der Waals surface area contributed by atoms with Gasteiger partial charge < -0.3 is 14.9 Å². The van der Waals surface area contributed by atoms with Crippen molar-refractivity contribution in [3.05, 3.63) is 87.6 Å². The van der Waals surface area contributed by atoms with Crippen molar-refractivity contribution in [3.8, 4) is 5.75 Å². The summed E-state index contributed by atoms with van der Waals surface area (Å²) in [6, 6.07) is 20.2. The van der Waals surface area contributed by atoms with Crippen LogP contribution in [0.15, 0.2) is 71.2 Å². The van der Waals surface area contributed by atoms with E-state index in [-0.39, 0.29) is 11.6 Å². The number of thiophene rings is 1. The van der Waals surface area contributed by atoms with Crippen LogP contribution in [0.5, 0.6) is 5.75 Å². The van der Waals surface area contributed by atoms with Crippen LogP contribution in [-0.4, -0.2) is 25.8 Å². The number of nitrogens with one attached hydrogen (secondary N) is 1. The Morgan fingerprint density at radius 1 is 1.13 bits per heavy atom. The predicted octanol–water partition coefficient (Wildman–Crippen LogP) is 4.69. The molecule has 1 amide bonds. The molecule has 1 aromatic heterocycles. The SMILES string of the molecule is CNC(=O)C(=NOC)c1ccccc1COc1cccc(C2CC2c2cccs2)c1. The van der Waals surface area contributed by atoms with Gasteiger partial charge in [-0.1, -0.05) is 47.6 Å². The van der Waals surface area contributed by atoms with Gasteiger partial charge in [0.25, 0.3) is 5.91 Å². The van der Waals surface area contributed by atoms with Crippen molar-refractivity contribution in [1.29, 1.82) is 0 Å². The van der Waals surface area contributed by atoms with E-state index in [1.807, 2.05) is 47.7 Å². The highest BCUT2D eigenvalue weighted by atomic mass is 32.1. The third-order valence-corrected chi connectivity index (χ3v) is 6.28. The Morgan fingerprint density at radius 3 is 2.77 bits per heavy atom. The van der Waals surface area contributed by atoms with Gasteiger partial charge >= 0.3 is 0 Å². The van der Waals surface area contributed by atoms with Gasteiger partial charge in [-0.15, -0.1) is 11.3 Å². The van der Waals surface area contributed by atoms with E-state index in [1.54, 1.807) is 7.05 Å². The van der Waals surface area contributed by atoms with Gasteiger partial charge in [-0.05, 0) is 47.0 Å². The molecule has 2 aromatic carbocycles. The lowest BCUT2D eigenvalue weighted by Crippen LogP contribution is -2.29. The van der Waals surface area contributed by atoms with Crippen molar-refractivity contribution in [3.63, 3.8) is 0 Å². The van der Waals surface area contributed by atoms with Gasteiger partial charge in [0.05, 0.1) is 0 Å². The highest BCUT2D eigenvalue weighted by Gasteiger charge is 2.40. The van der Waals surface area contributed by atoms with Crippen molar-refractivity contribution in [2.24, 2.45) is 5.16 Å². The number of nitrogens with zero attached hydrogens (tertiary/aromatic N) is 1. The average Bonchev–Trinajstić information content (AvgIpc) is 3.40. The number of carbonyl (C=O) groups excluding carboxylic acids is 1. The molecule has 3 aromatic rings. The summed E-state index contributed by atoms with van der Waals surface area (Å²) in [4.78, 5) is 18.6. The number of hydrogen-bond acceptors (Lipinski definition) is 5. The zero-order valence-electron chi connectivity index (χ0n) is 17.0. The summed E-state index contributed by atoms with van der Waals surface area (Å²) in [7, 11) is 2.99. The first-order valence-electron chi connectivity index (χ1n) is 9.89. The first kappa shape index (κ1) is 20.2. The van der Waals surface area contributed by atoms with E-state index < -0.39 is 0 Å². The number of likely N-dealkylation sites (N-methyl/N-ethyl adjacent to an activating group) is 1. The molecule has 5 nitrogen and oxygen atoms in total. The molecule has 6 heteroatoms. The molecule has 2 atom stereocenters. The summed E-state index contributed by atoms with van der Waals surface area (Å²) < 4.78 is 6.09. The molecule has 1 aliphatic carbocycles. The molecular formula is C24H24N2O3S. The van der Waals surface area contributed by atoms with Gasteiger partial charge in [0.2, 0.25) is 0 Å². The fourth-order valence-corrected chi connectivity index (χ4v) is 4.58. The van der Waals surface area contributed by atoms with Crippen LogP contribution in [0.25, 0.3) is 0 Å². The summed E-state index contributed by atoms with van der Waals surface area (Å²) in [5.74, 6) is 1.71. The topological polar surface area (TPSA) is 59.9 Å². The Morgan fingerprint density at radius 2 is 2.00 bits per heavy atom. The Balaban J connectivity index is 1.48. The van der Waals surface area contributed by atoms with E-state index in [4.69, 9.17) is 9.57 Å². The number of rotatable bonds is 8. The monoisotopic (exact) mass is 420 g/mol. The molecule has 30 heavy (non-hydrogen) atoms.